The molecule has 0 radical (unpaired) electrons. The van der Waals surface area contributed by atoms with E-state index in [0.29, 0.717) is 24.5 Å². The maximum absolute atomic E-state index is 12.7. The molecule has 0 fully saturated rings. The van der Waals surface area contributed by atoms with E-state index >= 15 is 0 Å². The van der Waals surface area contributed by atoms with Crippen molar-refractivity contribution < 1.29 is 9.53 Å². The zero-order chi connectivity index (χ0) is 23.9. The number of nitrogens with two attached hydrogens (primary N) is 2. The van der Waals surface area contributed by atoms with Crippen LogP contribution in [0.5, 0.6) is 0 Å². The van der Waals surface area contributed by atoms with Crippen molar-refractivity contribution in [3.63, 3.8) is 0 Å². The largest absolute Gasteiger partial charge is 0.444 e. The first kappa shape index (κ1) is 21.7. The number of ether oxygens (including phenoxy) is 1. The Labute approximate surface area is 190 Å². The summed E-state index contributed by atoms with van der Waals surface area (Å²) in [4.78, 5) is 23.2. The Morgan fingerprint density at radius 3 is 2.73 bits per heavy atom. The first-order valence-corrected chi connectivity index (χ1v) is 10.2. The van der Waals surface area contributed by atoms with Crippen LogP contribution in [0.1, 0.15) is 54.6 Å². The van der Waals surface area contributed by atoms with Gasteiger partial charge in [-0.1, -0.05) is 18.2 Å². The van der Waals surface area contributed by atoms with Crippen molar-refractivity contribution >= 4 is 29.4 Å². The van der Waals surface area contributed by atoms with E-state index in [1.54, 1.807) is 4.90 Å². The van der Waals surface area contributed by atoms with Crippen LogP contribution in [0.25, 0.3) is 0 Å². The van der Waals surface area contributed by atoms with E-state index in [0.717, 1.165) is 16.7 Å². The van der Waals surface area contributed by atoms with Crippen molar-refractivity contribution in [1.82, 2.24) is 15.2 Å². The van der Waals surface area contributed by atoms with E-state index in [4.69, 9.17) is 21.5 Å². The van der Waals surface area contributed by atoms with Crippen LogP contribution < -0.4 is 22.1 Å². The molecular weight excluding hydrogens is 422 g/mol. The number of amides is 1. The van der Waals surface area contributed by atoms with Crippen molar-refractivity contribution in [2.45, 2.75) is 45.5 Å². The molecule has 2 aliphatic rings. The van der Waals surface area contributed by atoms with Gasteiger partial charge in [0.25, 0.3) is 0 Å². The standard InChI is InChI=1S/C22H23N9O2/c1-22(2,3)33-21(32)31-8-11-5-4-6-12(14(11)9-31)17-15-16(25)13(7-23)18(26)29-19(15)30-20(28-17)27-10-24/h4-6,17H,8-9H2,1-3H3,(H6,25,26,27,28,29,30). The van der Waals surface area contributed by atoms with Crippen molar-refractivity contribution in [3.8, 4) is 12.3 Å². The zero-order valence-electron chi connectivity index (χ0n) is 18.4. The molecule has 3 heterocycles. The minimum absolute atomic E-state index is 0.0207. The van der Waals surface area contributed by atoms with Crippen LogP contribution in [0.4, 0.5) is 22.1 Å². The van der Waals surface area contributed by atoms with Crippen molar-refractivity contribution in [3.05, 3.63) is 46.0 Å². The van der Waals surface area contributed by atoms with Crippen molar-refractivity contribution in [2.24, 2.45) is 4.99 Å². The molecule has 0 aliphatic carbocycles. The number of guanidine groups is 1. The van der Waals surface area contributed by atoms with Gasteiger partial charge in [0.2, 0.25) is 5.96 Å². The molecule has 1 unspecified atom stereocenters. The number of benzene rings is 1. The molecule has 2 aromatic rings. The number of nitrogen functional groups attached to an aromatic ring is 2. The lowest BCUT2D eigenvalue weighted by molar-refractivity contribution is 0.0241. The van der Waals surface area contributed by atoms with Gasteiger partial charge in [-0.3, -0.25) is 10.2 Å². The van der Waals surface area contributed by atoms with Crippen LogP contribution in [0.15, 0.2) is 23.2 Å². The average Bonchev–Trinajstić information content (AvgIpc) is 3.17. The Hall–Kier alpha value is -4.51. The summed E-state index contributed by atoms with van der Waals surface area (Å²) in [6.07, 6.45) is 1.42. The Bertz CT molecular complexity index is 1260. The molecule has 11 nitrogen and oxygen atoms in total. The summed E-state index contributed by atoms with van der Waals surface area (Å²) < 4.78 is 5.53. The summed E-state index contributed by atoms with van der Waals surface area (Å²) >= 11 is 0. The summed E-state index contributed by atoms with van der Waals surface area (Å²) in [7, 11) is 0. The lowest BCUT2D eigenvalue weighted by Crippen LogP contribution is -2.34. The number of carbonyl (C=O) groups is 1. The SMILES string of the molecule is CC(C)(C)OC(=O)N1Cc2cccc(C3N=C(NC#N)Nc4nc(N)c(C#N)c(N)c43)c2C1. The predicted octanol–water partition coefficient (Wildman–Crippen LogP) is 2.31. The Morgan fingerprint density at radius 1 is 1.30 bits per heavy atom. The summed E-state index contributed by atoms with van der Waals surface area (Å²) in [5.74, 6) is 0.458. The average molecular weight is 445 g/mol. The van der Waals surface area contributed by atoms with Crippen LogP contribution in [-0.2, 0) is 17.8 Å². The van der Waals surface area contributed by atoms with E-state index in [2.05, 4.69) is 20.6 Å². The number of aromatic nitrogens is 1. The van der Waals surface area contributed by atoms with Gasteiger partial charge in [0, 0.05) is 12.1 Å². The summed E-state index contributed by atoms with van der Waals surface area (Å²) in [6.45, 7) is 6.17. The minimum atomic E-state index is -0.675. The molecule has 0 bridgehead atoms. The number of hydrogen-bond donors (Lipinski definition) is 4. The molecule has 11 heteroatoms. The quantitative estimate of drug-likeness (QED) is 0.378. The predicted molar refractivity (Wildman–Crippen MR) is 121 cm³/mol. The molecule has 1 amide bonds. The van der Waals surface area contributed by atoms with Gasteiger partial charge in [-0.05, 0) is 37.5 Å². The molecule has 0 spiro atoms. The topological polar surface area (TPSA) is 178 Å². The molecule has 4 rings (SSSR count). The second-order valence-corrected chi connectivity index (χ2v) is 8.72. The summed E-state index contributed by atoms with van der Waals surface area (Å²) in [5.41, 5.74) is 15.0. The van der Waals surface area contributed by atoms with Gasteiger partial charge in [0.05, 0.1) is 12.2 Å². The molecule has 0 saturated carbocycles. The maximum atomic E-state index is 12.7. The second-order valence-electron chi connectivity index (χ2n) is 8.72. The molecule has 33 heavy (non-hydrogen) atoms. The van der Waals surface area contributed by atoms with E-state index in [9.17, 15) is 10.1 Å². The smallest absolute Gasteiger partial charge is 0.410 e. The number of aliphatic imine (C=N–C) groups is 1. The maximum Gasteiger partial charge on any atom is 0.410 e. The third kappa shape index (κ3) is 3.92. The first-order valence-electron chi connectivity index (χ1n) is 10.2. The summed E-state index contributed by atoms with van der Waals surface area (Å²) in [5, 5.41) is 24.0. The second kappa shape index (κ2) is 7.88. The molecular formula is C22H23N9O2. The number of nitriles is 2. The van der Waals surface area contributed by atoms with E-state index in [1.165, 1.54) is 0 Å². The fourth-order valence-corrected chi connectivity index (χ4v) is 3.97. The number of pyridine rings is 1. The van der Waals surface area contributed by atoms with Gasteiger partial charge >= 0.3 is 6.09 Å². The van der Waals surface area contributed by atoms with Gasteiger partial charge < -0.3 is 21.5 Å². The fraction of sp³-hybridized carbons (Fsp3) is 0.318. The Kier molecular flexibility index (Phi) is 5.18. The van der Waals surface area contributed by atoms with Gasteiger partial charge in [-0.2, -0.15) is 10.5 Å². The summed E-state index contributed by atoms with van der Waals surface area (Å²) in [6, 6.07) is 7.01. The third-order valence-electron chi connectivity index (χ3n) is 5.32. The Balaban J connectivity index is 1.81. The lowest BCUT2D eigenvalue weighted by atomic mass is 9.90. The van der Waals surface area contributed by atoms with Gasteiger partial charge in [-0.15, -0.1) is 0 Å². The van der Waals surface area contributed by atoms with Gasteiger partial charge in [-0.25, -0.2) is 14.8 Å². The molecule has 6 N–H and O–H groups in total. The van der Waals surface area contributed by atoms with E-state index < -0.39 is 17.7 Å². The minimum Gasteiger partial charge on any atom is -0.444 e. The molecule has 2 aliphatic heterocycles. The number of nitrogens with one attached hydrogen (secondary N) is 2. The first-order chi connectivity index (χ1) is 15.6. The monoisotopic (exact) mass is 445 g/mol. The number of rotatable bonds is 1. The molecule has 168 valence electrons. The van der Waals surface area contributed by atoms with Gasteiger partial charge in [0.15, 0.2) is 6.19 Å². The highest BCUT2D eigenvalue weighted by molar-refractivity contribution is 5.98. The van der Waals surface area contributed by atoms with Crippen LogP contribution in [0.2, 0.25) is 0 Å². The Morgan fingerprint density at radius 2 is 2.06 bits per heavy atom. The number of carbonyl (C=O) groups excluding carboxylic acids is 1. The number of nitrogens with zero attached hydrogens (tertiary/aromatic N) is 5. The highest BCUT2D eigenvalue weighted by atomic mass is 16.6. The number of anilines is 3. The highest BCUT2D eigenvalue weighted by Gasteiger charge is 2.35. The lowest BCUT2D eigenvalue weighted by Gasteiger charge is -2.27. The van der Waals surface area contributed by atoms with Crippen LogP contribution in [0, 0.1) is 22.8 Å². The number of hydrogen-bond acceptors (Lipinski definition) is 10. The van der Waals surface area contributed by atoms with Crippen molar-refractivity contribution in [1.29, 1.82) is 10.5 Å². The van der Waals surface area contributed by atoms with E-state index in [1.807, 2.05) is 51.2 Å². The highest BCUT2D eigenvalue weighted by Crippen LogP contribution is 2.43. The van der Waals surface area contributed by atoms with Crippen LogP contribution in [0.3, 0.4) is 0 Å². The van der Waals surface area contributed by atoms with Gasteiger partial charge in [0.1, 0.15) is 34.9 Å². The molecule has 1 aromatic carbocycles. The normalized spacial score (nSPS) is 16.5. The third-order valence-corrected chi connectivity index (χ3v) is 5.32. The zero-order valence-corrected chi connectivity index (χ0v) is 18.4. The van der Waals surface area contributed by atoms with E-state index in [-0.39, 0.29) is 23.0 Å². The number of fused-ring (bicyclic) bond motifs is 2. The van der Waals surface area contributed by atoms with Crippen LogP contribution >= 0.6 is 0 Å². The fourth-order valence-electron chi connectivity index (χ4n) is 3.97. The van der Waals surface area contributed by atoms with Crippen molar-refractivity contribution in [2.75, 3.05) is 16.8 Å². The molecule has 1 aromatic heterocycles. The molecule has 0 saturated heterocycles. The van der Waals surface area contributed by atoms with Crippen LogP contribution in [-0.4, -0.2) is 27.5 Å². The molecule has 1 atom stereocenters.